The van der Waals surface area contributed by atoms with Gasteiger partial charge in [-0.1, -0.05) is 12.1 Å². The quantitative estimate of drug-likeness (QED) is 0.864. The number of amides is 1. The summed E-state index contributed by atoms with van der Waals surface area (Å²) < 4.78 is 13.2. The SMILES string of the molecule is Nc1ccc2c(c1)SCC(=O)N2Cc1cccc(F)c1. The molecule has 0 aromatic heterocycles. The van der Waals surface area contributed by atoms with Crippen LogP contribution in [0.5, 0.6) is 0 Å². The second-order valence-electron chi connectivity index (χ2n) is 4.63. The van der Waals surface area contributed by atoms with E-state index in [9.17, 15) is 9.18 Å². The van der Waals surface area contributed by atoms with E-state index in [1.807, 2.05) is 18.2 Å². The van der Waals surface area contributed by atoms with Crippen molar-refractivity contribution in [1.82, 2.24) is 0 Å². The zero-order valence-electron chi connectivity index (χ0n) is 10.7. The van der Waals surface area contributed by atoms with E-state index in [-0.39, 0.29) is 11.7 Å². The molecule has 3 rings (SSSR count). The van der Waals surface area contributed by atoms with Crippen molar-refractivity contribution < 1.29 is 9.18 Å². The molecule has 0 spiro atoms. The normalized spacial score (nSPS) is 14.2. The van der Waals surface area contributed by atoms with Crippen LogP contribution in [0.25, 0.3) is 0 Å². The molecule has 0 aliphatic carbocycles. The minimum Gasteiger partial charge on any atom is -0.399 e. The topological polar surface area (TPSA) is 46.3 Å². The van der Waals surface area contributed by atoms with E-state index in [0.29, 0.717) is 18.0 Å². The van der Waals surface area contributed by atoms with Gasteiger partial charge in [0.1, 0.15) is 5.82 Å². The van der Waals surface area contributed by atoms with Crippen LogP contribution in [0.3, 0.4) is 0 Å². The largest absolute Gasteiger partial charge is 0.399 e. The lowest BCUT2D eigenvalue weighted by molar-refractivity contribution is -0.116. The number of nitrogen functional groups attached to an aromatic ring is 1. The molecular formula is C15H13FN2OS. The first kappa shape index (κ1) is 13.0. The van der Waals surface area contributed by atoms with Gasteiger partial charge < -0.3 is 10.6 Å². The number of carbonyl (C=O) groups is 1. The predicted octanol–water partition coefficient (Wildman–Crippen LogP) is 3.05. The molecule has 1 heterocycles. The van der Waals surface area contributed by atoms with Gasteiger partial charge in [-0.2, -0.15) is 0 Å². The van der Waals surface area contributed by atoms with E-state index in [0.717, 1.165) is 16.1 Å². The summed E-state index contributed by atoms with van der Waals surface area (Å²) in [5.41, 5.74) is 8.05. The molecular weight excluding hydrogens is 275 g/mol. The summed E-state index contributed by atoms with van der Waals surface area (Å²) in [5.74, 6) is 0.113. The first-order valence-electron chi connectivity index (χ1n) is 6.20. The van der Waals surface area contributed by atoms with Crippen LogP contribution in [0.15, 0.2) is 47.4 Å². The highest BCUT2D eigenvalue weighted by Crippen LogP contribution is 2.37. The molecule has 2 aromatic rings. The van der Waals surface area contributed by atoms with Crippen LogP contribution in [0.1, 0.15) is 5.56 Å². The molecule has 102 valence electrons. The van der Waals surface area contributed by atoms with Crippen molar-refractivity contribution in [2.45, 2.75) is 11.4 Å². The van der Waals surface area contributed by atoms with Gasteiger partial charge in [-0.05, 0) is 35.9 Å². The maximum Gasteiger partial charge on any atom is 0.237 e. The lowest BCUT2D eigenvalue weighted by atomic mass is 10.2. The lowest BCUT2D eigenvalue weighted by Gasteiger charge is -2.29. The average Bonchev–Trinajstić information content (AvgIpc) is 2.42. The second-order valence-corrected chi connectivity index (χ2v) is 5.64. The number of hydrogen-bond donors (Lipinski definition) is 1. The van der Waals surface area contributed by atoms with E-state index in [1.165, 1.54) is 23.9 Å². The maximum atomic E-state index is 13.2. The molecule has 0 fully saturated rings. The summed E-state index contributed by atoms with van der Waals surface area (Å²) in [6.45, 7) is 0.369. The van der Waals surface area contributed by atoms with Crippen LogP contribution < -0.4 is 10.6 Å². The number of hydrogen-bond acceptors (Lipinski definition) is 3. The summed E-state index contributed by atoms with van der Waals surface area (Å²) in [6.07, 6.45) is 0. The smallest absolute Gasteiger partial charge is 0.237 e. The van der Waals surface area contributed by atoms with E-state index in [1.54, 1.807) is 17.0 Å². The monoisotopic (exact) mass is 288 g/mol. The Balaban J connectivity index is 1.95. The van der Waals surface area contributed by atoms with Crippen molar-refractivity contribution in [3.05, 3.63) is 53.8 Å². The number of nitrogens with two attached hydrogens (primary N) is 1. The van der Waals surface area contributed by atoms with Crippen molar-refractivity contribution in [3.8, 4) is 0 Å². The average molecular weight is 288 g/mol. The molecule has 0 bridgehead atoms. The molecule has 0 radical (unpaired) electrons. The molecule has 20 heavy (non-hydrogen) atoms. The fourth-order valence-corrected chi connectivity index (χ4v) is 3.19. The highest BCUT2D eigenvalue weighted by atomic mass is 32.2. The van der Waals surface area contributed by atoms with Crippen molar-refractivity contribution in [3.63, 3.8) is 0 Å². The van der Waals surface area contributed by atoms with Gasteiger partial charge in [-0.25, -0.2) is 4.39 Å². The number of halogens is 1. The Morgan fingerprint density at radius 3 is 2.90 bits per heavy atom. The first-order valence-corrected chi connectivity index (χ1v) is 7.19. The molecule has 0 saturated heterocycles. The van der Waals surface area contributed by atoms with E-state index in [4.69, 9.17) is 5.73 Å². The van der Waals surface area contributed by atoms with Gasteiger partial charge >= 0.3 is 0 Å². The van der Waals surface area contributed by atoms with Crippen LogP contribution >= 0.6 is 11.8 Å². The second kappa shape index (κ2) is 5.17. The summed E-state index contributed by atoms with van der Waals surface area (Å²) in [6, 6.07) is 11.8. The van der Waals surface area contributed by atoms with Crippen molar-refractivity contribution in [1.29, 1.82) is 0 Å². The maximum absolute atomic E-state index is 13.2. The van der Waals surface area contributed by atoms with Crippen LogP contribution in [-0.4, -0.2) is 11.7 Å². The standard InChI is InChI=1S/C15H13FN2OS/c16-11-3-1-2-10(6-11)8-18-13-5-4-12(17)7-14(13)20-9-15(18)19/h1-7H,8-9,17H2. The number of rotatable bonds is 2. The van der Waals surface area contributed by atoms with Gasteiger partial charge in [-0.3, -0.25) is 4.79 Å². The van der Waals surface area contributed by atoms with Crippen LogP contribution in [0, 0.1) is 5.82 Å². The summed E-state index contributed by atoms with van der Waals surface area (Å²) in [4.78, 5) is 14.8. The van der Waals surface area contributed by atoms with Crippen molar-refractivity contribution in [2.24, 2.45) is 0 Å². The Morgan fingerprint density at radius 1 is 1.25 bits per heavy atom. The molecule has 1 aliphatic heterocycles. The van der Waals surface area contributed by atoms with E-state index in [2.05, 4.69) is 0 Å². The van der Waals surface area contributed by atoms with Gasteiger partial charge in [0.05, 0.1) is 18.0 Å². The minimum atomic E-state index is -0.293. The third-order valence-corrected chi connectivity index (χ3v) is 4.19. The van der Waals surface area contributed by atoms with Crippen molar-refractivity contribution >= 4 is 29.0 Å². The van der Waals surface area contributed by atoms with Gasteiger partial charge in [0, 0.05) is 10.6 Å². The Kier molecular flexibility index (Phi) is 3.36. The third kappa shape index (κ3) is 2.49. The minimum absolute atomic E-state index is 0.0246. The lowest BCUT2D eigenvalue weighted by Crippen LogP contribution is -2.34. The number of nitrogens with zero attached hydrogens (tertiary/aromatic N) is 1. The molecule has 5 heteroatoms. The number of benzene rings is 2. The number of thioether (sulfide) groups is 1. The zero-order chi connectivity index (χ0) is 14.1. The number of carbonyl (C=O) groups excluding carboxylic acids is 1. The van der Waals surface area contributed by atoms with Crippen LogP contribution in [0.4, 0.5) is 15.8 Å². The molecule has 0 saturated carbocycles. The van der Waals surface area contributed by atoms with Crippen molar-refractivity contribution in [2.75, 3.05) is 16.4 Å². The molecule has 1 amide bonds. The summed E-state index contributed by atoms with van der Waals surface area (Å²) >= 11 is 1.48. The number of fused-ring (bicyclic) bond motifs is 1. The van der Waals surface area contributed by atoms with Gasteiger partial charge in [0.15, 0.2) is 0 Å². The molecule has 0 atom stereocenters. The summed E-state index contributed by atoms with van der Waals surface area (Å²) in [7, 11) is 0. The van der Waals surface area contributed by atoms with E-state index < -0.39 is 0 Å². The Morgan fingerprint density at radius 2 is 2.10 bits per heavy atom. The highest BCUT2D eigenvalue weighted by Gasteiger charge is 2.24. The van der Waals surface area contributed by atoms with Crippen LogP contribution in [0.2, 0.25) is 0 Å². The summed E-state index contributed by atoms with van der Waals surface area (Å²) in [5, 5.41) is 0. The molecule has 3 nitrogen and oxygen atoms in total. The Bertz CT molecular complexity index is 675. The van der Waals surface area contributed by atoms with Gasteiger partial charge in [0.25, 0.3) is 0 Å². The van der Waals surface area contributed by atoms with Gasteiger partial charge in [0.2, 0.25) is 5.91 Å². The zero-order valence-corrected chi connectivity index (χ0v) is 11.5. The Hall–Kier alpha value is -2.01. The first-order chi connectivity index (χ1) is 9.63. The van der Waals surface area contributed by atoms with E-state index >= 15 is 0 Å². The van der Waals surface area contributed by atoms with Crippen LogP contribution in [-0.2, 0) is 11.3 Å². The molecule has 0 unspecified atom stereocenters. The van der Waals surface area contributed by atoms with Gasteiger partial charge in [-0.15, -0.1) is 11.8 Å². The predicted molar refractivity (Wildman–Crippen MR) is 79.2 cm³/mol. The Labute approximate surface area is 120 Å². The third-order valence-electron chi connectivity index (χ3n) is 3.16. The number of anilines is 2. The molecule has 1 aliphatic rings. The molecule has 2 aromatic carbocycles. The molecule has 2 N–H and O–H groups in total. The highest BCUT2D eigenvalue weighted by molar-refractivity contribution is 8.00. The fourth-order valence-electron chi connectivity index (χ4n) is 2.21. The fraction of sp³-hybridized carbons (Fsp3) is 0.133.